The van der Waals surface area contributed by atoms with Crippen molar-refractivity contribution in [1.82, 2.24) is 4.98 Å². The molecule has 3 aromatic rings. The zero-order valence-electron chi connectivity index (χ0n) is 14.1. The molecule has 2 aromatic carbocycles. The maximum absolute atomic E-state index is 6.29. The van der Waals surface area contributed by atoms with E-state index in [0.717, 1.165) is 28.1 Å². The Labute approximate surface area is 156 Å². The molecule has 0 saturated carbocycles. The molecule has 0 spiro atoms. The molecule has 26 heavy (non-hydrogen) atoms. The van der Waals surface area contributed by atoms with E-state index in [1.807, 2.05) is 55.5 Å². The highest BCUT2D eigenvalue weighted by molar-refractivity contribution is 6.29. The lowest BCUT2D eigenvalue weighted by atomic mass is 10.0. The first-order valence-corrected chi connectivity index (χ1v) is 8.51. The third-order valence-electron chi connectivity index (χ3n) is 4.11. The number of benzene rings is 2. The number of allylic oxidation sites excluding steroid dienone is 1. The number of hydrogen-bond acceptors (Lipinski definition) is 4. The molecule has 0 unspecified atom stereocenters. The van der Waals surface area contributed by atoms with Gasteiger partial charge in [0.25, 0.3) is 0 Å². The van der Waals surface area contributed by atoms with Crippen LogP contribution in [0.25, 0.3) is 16.8 Å². The Hall–Kier alpha value is -3.05. The van der Waals surface area contributed by atoms with Gasteiger partial charge in [0, 0.05) is 17.3 Å². The van der Waals surface area contributed by atoms with Crippen molar-refractivity contribution in [1.29, 1.82) is 0 Å². The van der Waals surface area contributed by atoms with Gasteiger partial charge in [-0.1, -0.05) is 36.4 Å². The van der Waals surface area contributed by atoms with Gasteiger partial charge in [-0.15, -0.1) is 0 Å². The number of aromatic nitrogens is 2. The van der Waals surface area contributed by atoms with Crippen LogP contribution < -0.4 is 20.2 Å². The van der Waals surface area contributed by atoms with Crippen molar-refractivity contribution in [3.05, 3.63) is 76.8 Å². The van der Waals surface area contributed by atoms with Crippen molar-refractivity contribution in [3.63, 3.8) is 0 Å². The number of aromatic amines is 1. The molecule has 0 amide bonds. The quantitative estimate of drug-likeness (QED) is 0.718. The van der Waals surface area contributed by atoms with Gasteiger partial charge in [0.15, 0.2) is 11.5 Å². The normalized spacial score (nSPS) is 13.5. The van der Waals surface area contributed by atoms with Crippen LogP contribution in [0.1, 0.15) is 18.3 Å². The smallest absolute Gasteiger partial charge is 0.332 e. The summed E-state index contributed by atoms with van der Waals surface area (Å²) in [4.78, 5) is 7.79. The van der Waals surface area contributed by atoms with Gasteiger partial charge in [-0.25, -0.2) is 4.98 Å². The van der Waals surface area contributed by atoms with Crippen molar-refractivity contribution in [2.75, 3.05) is 6.79 Å². The first kappa shape index (κ1) is 16.4. The first-order chi connectivity index (χ1) is 12.6. The number of halogens is 1. The lowest BCUT2D eigenvalue weighted by Gasteiger charge is -2.07. The number of rotatable bonds is 3. The molecule has 0 aliphatic carbocycles. The van der Waals surface area contributed by atoms with Crippen molar-refractivity contribution >= 4 is 17.2 Å². The minimum absolute atomic E-state index is 0.221. The Morgan fingerprint density at radius 3 is 2.62 bits per heavy atom. The van der Waals surface area contributed by atoms with Gasteiger partial charge in [0.05, 0.1) is 5.57 Å². The second-order valence-electron chi connectivity index (χ2n) is 5.96. The van der Waals surface area contributed by atoms with E-state index < -0.39 is 0 Å². The van der Waals surface area contributed by atoms with Crippen molar-refractivity contribution in [2.24, 2.45) is 5.73 Å². The maximum atomic E-state index is 6.29. The van der Waals surface area contributed by atoms with Crippen molar-refractivity contribution < 1.29 is 14.5 Å². The summed E-state index contributed by atoms with van der Waals surface area (Å²) in [7, 11) is 0. The molecule has 6 heteroatoms. The van der Waals surface area contributed by atoms with Crippen LogP contribution in [0.4, 0.5) is 0 Å². The molecule has 0 radical (unpaired) electrons. The van der Waals surface area contributed by atoms with Crippen molar-refractivity contribution in [3.8, 4) is 22.8 Å². The number of nitrogens with two attached hydrogens (primary N) is 1. The Bertz CT molecular complexity index is 999. The molecule has 5 nitrogen and oxygen atoms in total. The van der Waals surface area contributed by atoms with Gasteiger partial charge in [-0.05, 0) is 41.2 Å². The summed E-state index contributed by atoms with van der Waals surface area (Å²) >= 11 is 6.29. The largest absolute Gasteiger partial charge is 0.454 e. The second kappa shape index (κ2) is 6.69. The standard InChI is InChI=1S/C20H16ClN3O2/c1-12(22)19(14-7-8-16-17(9-14)26-11-25-16)20-23-15(10-18(21)24-20)13-5-3-2-4-6-13/h2-10H,11,22H2,1H3/p+1. The minimum atomic E-state index is 0.221. The number of H-pyrrole nitrogens is 1. The molecular formula is C20H17ClN3O2+. The summed E-state index contributed by atoms with van der Waals surface area (Å²) in [6.45, 7) is 2.05. The molecule has 4 rings (SSSR count). The Morgan fingerprint density at radius 2 is 1.85 bits per heavy atom. The summed E-state index contributed by atoms with van der Waals surface area (Å²) in [5.74, 6) is 2.00. The summed E-state index contributed by atoms with van der Waals surface area (Å²) in [5, 5.41) is 0.386. The van der Waals surface area contributed by atoms with Gasteiger partial charge in [-0.3, -0.25) is 0 Å². The molecule has 130 valence electrons. The highest BCUT2D eigenvalue weighted by atomic mass is 35.5. The molecule has 3 N–H and O–H groups in total. The van der Waals surface area contributed by atoms with E-state index in [0.29, 0.717) is 22.4 Å². The summed E-state index contributed by atoms with van der Waals surface area (Å²) in [5.41, 5.74) is 10.3. The van der Waals surface area contributed by atoms with E-state index in [1.54, 1.807) is 6.07 Å². The van der Waals surface area contributed by atoms with Gasteiger partial charge in [0.1, 0.15) is 5.69 Å². The monoisotopic (exact) mass is 366 g/mol. The van der Waals surface area contributed by atoms with Crippen LogP contribution >= 0.6 is 11.6 Å². The molecule has 0 bridgehead atoms. The van der Waals surface area contributed by atoms with Crippen LogP contribution in [0.2, 0.25) is 5.15 Å². The number of hydrogen-bond donors (Lipinski definition) is 1. The van der Waals surface area contributed by atoms with Crippen LogP contribution in [-0.2, 0) is 0 Å². The lowest BCUT2D eigenvalue weighted by Crippen LogP contribution is -2.19. The molecule has 2 heterocycles. The summed E-state index contributed by atoms with van der Waals surface area (Å²) < 4.78 is 10.9. The van der Waals surface area contributed by atoms with Crippen LogP contribution in [0, 0.1) is 0 Å². The number of nitrogens with zero attached hydrogens (tertiary/aromatic N) is 1. The molecule has 1 aliphatic heterocycles. The maximum Gasteiger partial charge on any atom is 0.332 e. The molecule has 1 aliphatic rings. The third kappa shape index (κ3) is 3.09. The molecule has 0 saturated heterocycles. The van der Waals surface area contributed by atoms with Gasteiger partial charge >= 0.3 is 5.82 Å². The average Bonchev–Trinajstić information content (AvgIpc) is 3.10. The number of ether oxygens (including phenoxy) is 2. The zero-order valence-corrected chi connectivity index (χ0v) is 14.9. The highest BCUT2D eigenvalue weighted by Crippen LogP contribution is 2.36. The highest BCUT2D eigenvalue weighted by Gasteiger charge is 2.23. The van der Waals surface area contributed by atoms with Gasteiger partial charge in [0.2, 0.25) is 11.9 Å². The zero-order chi connectivity index (χ0) is 18.1. The van der Waals surface area contributed by atoms with Crippen LogP contribution in [-0.4, -0.2) is 11.8 Å². The van der Waals surface area contributed by atoms with Crippen LogP contribution in [0.5, 0.6) is 11.5 Å². The Balaban J connectivity index is 1.84. The predicted molar refractivity (Wildman–Crippen MR) is 99.7 cm³/mol. The second-order valence-corrected chi connectivity index (χ2v) is 6.35. The van der Waals surface area contributed by atoms with E-state index >= 15 is 0 Å². The van der Waals surface area contributed by atoms with Gasteiger partial charge in [-0.2, -0.15) is 0 Å². The summed E-state index contributed by atoms with van der Waals surface area (Å²) in [6, 6.07) is 17.4. The topological polar surface area (TPSA) is 71.5 Å². The van der Waals surface area contributed by atoms with E-state index in [2.05, 4.69) is 9.97 Å². The fraction of sp³-hybridized carbons (Fsp3) is 0.100. The number of fused-ring (bicyclic) bond motifs is 1. The Morgan fingerprint density at radius 1 is 1.08 bits per heavy atom. The molecule has 0 atom stereocenters. The van der Waals surface area contributed by atoms with E-state index in [1.165, 1.54) is 0 Å². The molecule has 0 fully saturated rings. The van der Waals surface area contributed by atoms with Crippen LogP contribution in [0.15, 0.2) is 60.3 Å². The van der Waals surface area contributed by atoms with Crippen LogP contribution in [0.3, 0.4) is 0 Å². The van der Waals surface area contributed by atoms with E-state index in [9.17, 15) is 0 Å². The van der Waals surface area contributed by atoms with E-state index in [-0.39, 0.29) is 6.79 Å². The first-order valence-electron chi connectivity index (χ1n) is 8.14. The van der Waals surface area contributed by atoms with Crippen molar-refractivity contribution in [2.45, 2.75) is 6.92 Å². The number of nitrogens with one attached hydrogen (secondary N) is 1. The molecular weight excluding hydrogens is 350 g/mol. The SMILES string of the molecule is CC(N)=C(c1ccc2c(c1)OCO2)c1nc(Cl)cc(-c2ccccc2)[nH+]1. The lowest BCUT2D eigenvalue weighted by molar-refractivity contribution is -0.373. The third-order valence-corrected chi connectivity index (χ3v) is 4.31. The fourth-order valence-corrected chi connectivity index (χ4v) is 3.14. The summed E-state index contributed by atoms with van der Waals surface area (Å²) in [6.07, 6.45) is 0. The Kier molecular flexibility index (Phi) is 4.22. The fourth-order valence-electron chi connectivity index (χ4n) is 2.94. The molecule has 1 aromatic heterocycles. The van der Waals surface area contributed by atoms with Gasteiger partial charge < -0.3 is 15.2 Å². The average molecular weight is 367 g/mol. The van der Waals surface area contributed by atoms with E-state index in [4.69, 9.17) is 26.8 Å². The predicted octanol–water partition coefficient (Wildman–Crippen LogP) is 3.68. The minimum Gasteiger partial charge on any atom is -0.454 e.